The lowest BCUT2D eigenvalue weighted by atomic mass is 10.1. The zero-order valence-electron chi connectivity index (χ0n) is 10.5. The predicted molar refractivity (Wildman–Crippen MR) is 62.8 cm³/mol. The average molecular weight is 286 g/mol. The van der Waals surface area contributed by atoms with Crippen molar-refractivity contribution in [3.63, 3.8) is 0 Å². The Morgan fingerprint density at radius 2 is 2.20 bits per heavy atom. The van der Waals surface area contributed by atoms with Gasteiger partial charge in [0.15, 0.2) is 6.23 Å². The Morgan fingerprint density at radius 3 is 2.75 bits per heavy atom. The van der Waals surface area contributed by atoms with Gasteiger partial charge in [0.2, 0.25) is 5.69 Å². The topological polar surface area (TPSA) is 131 Å². The number of esters is 1. The first-order valence-electron chi connectivity index (χ1n) is 5.79. The number of nitrogens with zero attached hydrogens (tertiary/aromatic N) is 2. The first kappa shape index (κ1) is 14.6. The maximum Gasteiger partial charge on any atom is 0.362 e. The molecule has 0 spiro atoms. The van der Waals surface area contributed by atoms with Gasteiger partial charge in [0, 0.05) is 12.4 Å². The van der Waals surface area contributed by atoms with Crippen molar-refractivity contribution in [2.24, 2.45) is 0 Å². The van der Waals surface area contributed by atoms with E-state index in [4.69, 9.17) is 9.84 Å². The van der Waals surface area contributed by atoms with Crippen LogP contribution in [0.15, 0.2) is 17.2 Å². The molecule has 2 rings (SSSR count). The number of carbonyl (C=O) groups is 1. The molecular weight excluding hydrogens is 272 g/mol. The number of aliphatic hydroxyl groups excluding tert-OH is 3. The van der Waals surface area contributed by atoms with Crippen LogP contribution < -0.4 is 5.56 Å². The van der Waals surface area contributed by atoms with E-state index in [1.54, 1.807) is 0 Å². The first-order valence-corrected chi connectivity index (χ1v) is 5.79. The predicted octanol–water partition coefficient (Wildman–Crippen LogP) is -2.36. The maximum absolute atomic E-state index is 12.1. The molecule has 0 saturated carbocycles. The van der Waals surface area contributed by atoms with Gasteiger partial charge in [-0.25, -0.2) is 9.78 Å². The molecule has 4 atom stereocenters. The zero-order valence-corrected chi connectivity index (χ0v) is 10.5. The highest BCUT2D eigenvalue weighted by Gasteiger charge is 2.43. The number of hydrogen-bond acceptors (Lipinski definition) is 8. The Hall–Kier alpha value is -1.81. The van der Waals surface area contributed by atoms with Crippen LogP contribution in [0.4, 0.5) is 0 Å². The molecule has 1 fully saturated rings. The average Bonchev–Trinajstić information content (AvgIpc) is 2.74. The quantitative estimate of drug-likeness (QED) is 0.526. The standard InChI is InChI=1S/C11H14N2O7/c1-19-11(18)6-9(17)13(3-2-12-6)10-8(16)7(15)5(4-14)20-10/h2-3,5,7-8,10,14-16H,4H2,1H3/t5-,7-,8+,10-/m1/s1. The lowest BCUT2D eigenvalue weighted by Crippen LogP contribution is -2.37. The third-order valence-electron chi connectivity index (χ3n) is 3.04. The van der Waals surface area contributed by atoms with Gasteiger partial charge < -0.3 is 24.8 Å². The highest BCUT2D eigenvalue weighted by Crippen LogP contribution is 2.27. The van der Waals surface area contributed by atoms with Crippen molar-refractivity contribution < 1.29 is 29.6 Å². The van der Waals surface area contributed by atoms with Crippen molar-refractivity contribution >= 4 is 5.97 Å². The Morgan fingerprint density at radius 1 is 1.50 bits per heavy atom. The van der Waals surface area contributed by atoms with Crippen LogP contribution in [0.3, 0.4) is 0 Å². The van der Waals surface area contributed by atoms with Crippen molar-refractivity contribution in [1.29, 1.82) is 0 Å². The summed E-state index contributed by atoms with van der Waals surface area (Å²) in [6, 6.07) is 0. The molecule has 110 valence electrons. The summed E-state index contributed by atoms with van der Waals surface area (Å²) in [4.78, 5) is 27.1. The Bertz CT molecular complexity index is 558. The van der Waals surface area contributed by atoms with Crippen LogP contribution in [0.25, 0.3) is 0 Å². The Kier molecular flexibility index (Phi) is 4.14. The monoisotopic (exact) mass is 286 g/mol. The lowest BCUT2D eigenvalue weighted by molar-refractivity contribution is -0.0546. The summed E-state index contributed by atoms with van der Waals surface area (Å²) in [6.45, 7) is -0.515. The molecule has 0 amide bonds. The minimum atomic E-state index is -1.42. The minimum Gasteiger partial charge on any atom is -0.464 e. The van der Waals surface area contributed by atoms with Gasteiger partial charge in [0.1, 0.15) is 18.3 Å². The molecule has 0 aromatic carbocycles. The molecule has 0 aliphatic carbocycles. The number of ether oxygens (including phenoxy) is 2. The van der Waals surface area contributed by atoms with Gasteiger partial charge in [-0.2, -0.15) is 0 Å². The van der Waals surface area contributed by atoms with Gasteiger partial charge in [-0.15, -0.1) is 0 Å². The smallest absolute Gasteiger partial charge is 0.362 e. The van der Waals surface area contributed by atoms with Crippen molar-refractivity contribution in [1.82, 2.24) is 9.55 Å². The van der Waals surface area contributed by atoms with Crippen LogP contribution >= 0.6 is 0 Å². The number of aromatic nitrogens is 2. The summed E-state index contributed by atoms with van der Waals surface area (Å²) >= 11 is 0. The molecule has 1 aromatic rings. The fraction of sp³-hybridized carbons (Fsp3) is 0.545. The molecule has 0 unspecified atom stereocenters. The van der Waals surface area contributed by atoms with Crippen molar-refractivity contribution in [3.05, 3.63) is 28.4 Å². The van der Waals surface area contributed by atoms with Crippen LogP contribution in [0.2, 0.25) is 0 Å². The second kappa shape index (κ2) is 5.67. The number of hydrogen-bond donors (Lipinski definition) is 3. The van der Waals surface area contributed by atoms with Gasteiger partial charge in [0.05, 0.1) is 13.7 Å². The second-order valence-electron chi connectivity index (χ2n) is 4.21. The molecule has 1 saturated heterocycles. The van der Waals surface area contributed by atoms with Crippen molar-refractivity contribution in [2.45, 2.75) is 24.5 Å². The molecule has 0 radical (unpaired) electrons. The third kappa shape index (κ3) is 2.31. The number of rotatable bonds is 3. The van der Waals surface area contributed by atoms with Crippen LogP contribution in [0, 0.1) is 0 Å². The largest absolute Gasteiger partial charge is 0.464 e. The van der Waals surface area contributed by atoms with E-state index in [-0.39, 0.29) is 0 Å². The van der Waals surface area contributed by atoms with Crippen molar-refractivity contribution in [3.8, 4) is 0 Å². The summed E-state index contributed by atoms with van der Waals surface area (Å²) < 4.78 is 10.5. The number of methoxy groups -OCH3 is 1. The summed E-state index contributed by atoms with van der Waals surface area (Å²) in [5, 5.41) is 28.5. The van der Waals surface area contributed by atoms with E-state index in [0.29, 0.717) is 0 Å². The summed E-state index contributed by atoms with van der Waals surface area (Å²) in [6.07, 6.45) is -2.63. The normalized spacial score (nSPS) is 29.4. The molecule has 1 aliphatic heterocycles. The molecule has 1 aliphatic rings. The van der Waals surface area contributed by atoms with Gasteiger partial charge >= 0.3 is 5.97 Å². The van der Waals surface area contributed by atoms with Crippen LogP contribution in [0.5, 0.6) is 0 Å². The van der Waals surface area contributed by atoms with Gasteiger partial charge in [-0.05, 0) is 0 Å². The highest BCUT2D eigenvalue weighted by atomic mass is 16.6. The molecule has 2 heterocycles. The molecule has 9 nitrogen and oxygen atoms in total. The summed E-state index contributed by atoms with van der Waals surface area (Å²) in [7, 11) is 1.10. The Labute approximate surface area is 113 Å². The number of carbonyl (C=O) groups excluding carboxylic acids is 1. The minimum absolute atomic E-state index is 0.465. The van der Waals surface area contributed by atoms with E-state index >= 15 is 0 Å². The third-order valence-corrected chi connectivity index (χ3v) is 3.04. The molecular formula is C11H14N2O7. The van der Waals surface area contributed by atoms with Gasteiger partial charge in [-0.3, -0.25) is 9.36 Å². The van der Waals surface area contributed by atoms with Crippen LogP contribution in [-0.2, 0) is 9.47 Å². The van der Waals surface area contributed by atoms with Gasteiger partial charge in [-0.1, -0.05) is 0 Å². The zero-order chi connectivity index (χ0) is 14.9. The molecule has 0 bridgehead atoms. The second-order valence-corrected chi connectivity index (χ2v) is 4.21. The molecule has 1 aromatic heterocycles. The number of aliphatic hydroxyl groups is 3. The SMILES string of the molecule is COC(=O)c1nccn([C@@H]2O[C@H](CO)[C@@H](O)[C@@H]2O)c1=O. The van der Waals surface area contributed by atoms with Crippen LogP contribution in [-0.4, -0.2) is 62.9 Å². The van der Waals surface area contributed by atoms with E-state index in [0.717, 1.165) is 11.7 Å². The fourth-order valence-electron chi connectivity index (χ4n) is 1.97. The van der Waals surface area contributed by atoms with E-state index < -0.39 is 48.4 Å². The van der Waals surface area contributed by atoms with E-state index in [2.05, 4.69) is 9.72 Å². The molecule has 3 N–H and O–H groups in total. The first-order chi connectivity index (χ1) is 9.51. The molecule has 9 heteroatoms. The summed E-state index contributed by atoms with van der Waals surface area (Å²) in [5.74, 6) is -0.920. The van der Waals surface area contributed by atoms with Gasteiger partial charge in [0.25, 0.3) is 5.56 Å². The van der Waals surface area contributed by atoms with E-state index in [1.165, 1.54) is 12.4 Å². The van der Waals surface area contributed by atoms with E-state index in [1.807, 2.05) is 0 Å². The highest BCUT2D eigenvalue weighted by molar-refractivity contribution is 5.86. The van der Waals surface area contributed by atoms with Crippen molar-refractivity contribution in [2.75, 3.05) is 13.7 Å². The lowest BCUT2D eigenvalue weighted by Gasteiger charge is -2.17. The fourth-order valence-corrected chi connectivity index (χ4v) is 1.97. The van der Waals surface area contributed by atoms with Crippen LogP contribution in [0.1, 0.15) is 16.7 Å². The summed E-state index contributed by atoms with van der Waals surface area (Å²) in [5.41, 5.74) is -1.29. The molecule has 20 heavy (non-hydrogen) atoms. The maximum atomic E-state index is 12.1. The Balaban J connectivity index is 2.40. The van der Waals surface area contributed by atoms with E-state index in [9.17, 15) is 19.8 Å².